The zero-order valence-corrected chi connectivity index (χ0v) is 10.9. The number of ether oxygens (including phenoxy) is 1. The van der Waals surface area contributed by atoms with E-state index in [9.17, 15) is 10.1 Å². The van der Waals surface area contributed by atoms with Crippen molar-refractivity contribution >= 4 is 5.69 Å². The zero-order valence-electron chi connectivity index (χ0n) is 10.9. The van der Waals surface area contributed by atoms with Crippen molar-refractivity contribution < 1.29 is 9.66 Å². The molecule has 6 nitrogen and oxygen atoms in total. The molecule has 1 fully saturated rings. The fraction of sp³-hybridized carbons (Fsp3) is 0.615. The number of aromatic nitrogens is 1. The van der Waals surface area contributed by atoms with E-state index >= 15 is 0 Å². The van der Waals surface area contributed by atoms with Crippen LogP contribution in [0.3, 0.4) is 0 Å². The van der Waals surface area contributed by atoms with E-state index in [0.29, 0.717) is 12.5 Å². The lowest BCUT2D eigenvalue weighted by Crippen LogP contribution is -2.35. The second kappa shape index (κ2) is 7.04. The molecule has 0 radical (unpaired) electrons. The van der Waals surface area contributed by atoms with E-state index in [1.54, 1.807) is 0 Å². The zero-order chi connectivity index (χ0) is 13.5. The quantitative estimate of drug-likeness (QED) is 0.443. The standard InChI is InChI=1S/C13H19N3O3/c17-16(18)12-6-7-13(15-10-12)19-9-2-1-8-14-11-4-3-5-11/h6-7,10-11,14H,1-5,8-9H2. The first-order chi connectivity index (χ1) is 9.25. The third-order valence-electron chi connectivity index (χ3n) is 3.29. The number of pyridine rings is 1. The van der Waals surface area contributed by atoms with Gasteiger partial charge in [-0.25, -0.2) is 4.98 Å². The van der Waals surface area contributed by atoms with Gasteiger partial charge in [-0.1, -0.05) is 6.42 Å². The van der Waals surface area contributed by atoms with Crippen LogP contribution in [0.4, 0.5) is 5.69 Å². The molecule has 19 heavy (non-hydrogen) atoms. The Labute approximate surface area is 112 Å². The molecule has 0 amide bonds. The summed E-state index contributed by atoms with van der Waals surface area (Å²) in [5.41, 5.74) is -0.0166. The van der Waals surface area contributed by atoms with Crippen molar-refractivity contribution in [3.8, 4) is 5.88 Å². The summed E-state index contributed by atoms with van der Waals surface area (Å²) >= 11 is 0. The first-order valence-electron chi connectivity index (χ1n) is 6.72. The van der Waals surface area contributed by atoms with Gasteiger partial charge in [-0.2, -0.15) is 0 Å². The minimum atomic E-state index is -0.469. The summed E-state index contributed by atoms with van der Waals surface area (Å²) in [7, 11) is 0. The fourth-order valence-electron chi connectivity index (χ4n) is 1.89. The minimum absolute atomic E-state index is 0.0166. The number of nitrogens with one attached hydrogen (secondary N) is 1. The number of nitrogens with zero attached hydrogens (tertiary/aromatic N) is 2. The monoisotopic (exact) mass is 265 g/mol. The normalized spacial score (nSPS) is 14.9. The second-order valence-corrected chi connectivity index (χ2v) is 4.75. The topological polar surface area (TPSA) is 77.3 Å². The number of hydrogen-bond donors (Lipinski definition) is 1. The average molecular weight is 265 g/mol. The molecular formula is C13H19N3O3. The molecule has 0 aliphatic heterocycles. The molecule has 1 aromatic heterocycles. The summed E-state index contributed by atoms with van der Waals surface area (Å²) in [4.78, 5) is 13.9. The van der Waals surface area contributed by atoms with Gasteiger partial charge < -0.3 is 10.1 Å². The molecule has 0 bridgehead atoms. The van der Waals surface area contributed by atoms with Gasteiger partial charge in [-0.05, 0) is 32.2 Å². The van der Waals surface area contributed by atoms with Crippen LogP contribution in [-0.4, -0.2) is 29.1 Å². The highest BCUT2D eigenvalue weighted by molar-refractivity contribution is 5.28. The van der Waals surface area contributed by atoms with E-state index in [1.165, 1.54) is 37.6 Å². The summed E-state index contributed by atoms with van der Waals surface area (Å²) in [5, 5.41) is 13.9. The van der Waals surface area contributed by atoms with Crippen molar-refractivity contribution in [1.82, 2.24) is 10.3 Å². The summed E-state index contributed by atoms with van der Waals surface area (Å²) in [6, 6.07) is 3.67. The molecular weight excluding hydrogens is 246 g/mol. The van der Waals surface area contributed by atoms with Crippen LogP contribution in [0.15, 0.2) is 18.3 Å². The van der Waals surface area contributed by atoms with Gasteiger partial charge in [0.2, 0.25) is 5.88 Å². The van der Waals surface area contributed by atoms with Gasteiger partial charge in [-0.3, -0.25) is 10.1 Å². The molecule has 0 unspecified atom stereocenters. The highest BCUT2D eigenvalue weighted by atomic mass is 16.6. The van der Waals surface area contributed by atoms with E-state index < -0.39 is 4.92 Å². The van der Waals surface area contributed by atoms with Crippen molar-refractivity contribution in [1.29, 1.82) is 0 Å². The molecule has 1 N–H and O–H groups in total. The fourth-order valence-corrected chi connectivity index (χ4v) is 1.89. The van der Waals surface area contributed by atoms with Crippen LogP contribution in [0.2, 0.25) is 0 Å². The first kappa shape index (κ1) is 13.7. The van der Waals surface area contributed by atoms with E-state index in [1.807, 2.05) is 0 Å². The molecule has 0 atom stereocenters. The Morgan fingerprint density at radius 3 is 2.84 bits per heavy atom. The summed E-state index contributed by atoms with van der Waals surface area (Å²) in [6.07, 6.45) is 7.22. The van der Waals surface area contributed by atoms with Crippen LogP contribution in [0, 0.1) is 10.1 Å². The van der Waals surface area contributed by atoms with Crippen LogP contribution in [0.5, 0.6) is 5.88 Å². The molecule has 0 spiro atoms. The molecule has 1 aliphatic carbocycles. The van der Waals surface area contributed by atoms with Gasteiger partial charge in [0.05, 0.1) is 11.5 Å². The van der Waals surface area contributed by atoms with Crippen LogP contribution in [0.25, 0.3) is 0 Å². The average Bonchev–Trinajstić information content (AvgIpc) is 2.36. The maximum atomic E-state index is 10.4. The third-order valence-corrected chi connectivity index (χ3v) is 3.29. The Bertz CT molecular complexity index is 404. The molecule has 2 rings (SSSR count). The highest BCUT2D eigenvalue weighted by Gasteiger charge is 2.15. The van der Waals surface area contributed by atoms with Gasteiger partial charge in [0, 0.05) is 18.2 Å². The van der Waals surface area contributed by atoms with Crippen LogP contribution < -0.4 is 10.1 Å². The SMILES string of the molecule is O=[N+]([O-])c1ccc(OCCCCNC2CCC2)nc1. The predicted molar refractivity (Wildman–Crippen MR) is 71.3 cm³/mol. The Hall–Kier alpha value is -1.69. The van der Waals surface area contributed by atoms with Crippen LogP contribution >= 0.6 is 0 Å². The maximum absolute atomic E-state index is 10.4. The molecule has 0 aromatic carbocycles. The van der Waals surface area contributed by atoms with Gasteiger partial charge >= 0.3 is 0 Å². The molecule has 1 saturated carbocycles. The van der Waals surface area contributed by atoms with Gasteiger partial charge in [0.25, 0.3) is 5.69 Å². The molecule has 1 aromatic rings. The largest absolute Gasteiger partial charge is 0.478 e. The molecule has 1 aliphatic rings. The van der Waals surface area contributed by atoms with E-state index in [0.717, 1.165) is 25.4 Å². The lowest BCUT2D eigenvalue weighted by molar-refractivity contribution is -0.385. The number of unbranched alkanes of at least 4 members (excludes halogenated alkanes) is 1. The third kappa shape index (κ3) is 4.48. The van der Waals surface area contributed by atoms with E-state index in [-0.39, 0.29) is 5.69 Å². The molecule has 1 heterocycles. The van der Waals surface area contributed by atoms with Crippen LogP contribution in [-0.2, 0) is 0 Å². The van der Waals surface area contributed by atoms with Gasteiger partial charge in [0.15, 0.2) is 0 Å². The summed E-state index contributed by atoms with van der Waals surface area (Å²) in [6.45, 7) is 1.62. The summed E-state index contributed by atoms with van der Waals surface area (Å²) in [5.74, 6) is 0.442. The number of nitro groups is 1. The van der Waals surface area contributed by atoms with Gasteiger partial charge in [-0.15, -0.1) is 0 Å². The van der Waals surface area contributed by atoms with Crippen LogP contribution in [0.1, 0.15) is 32.1 Å². The smallest absolute Gasteiger partial charge is 0.287 e. The van der Waals surface area contributed by atoms with Crippen molar-refractivity contribution in [2.75, 3.05) is 13.2 Å². The predicted octanol–water partition coefficient (Wildman–Crippen LogP) is 2.29. The van der Waals surface area contributed by atoms with Crippen molar-refractivity contribution in [2.45, 2.75) is 38.1 Å². The highest BCUT2D eigenvalue weighted by Crippen LogP contribution is 2.17. The lowest BCUT2D eigenvalue weighted by Gasteiger charge is -2.26. The second-order valence-electron chi connectivity index (χ2n) is 4.75. The minimum Gasteiger partial charge on any atom is -0.478 e. The van der Waals surface area contributed by atoms with Crippen molar-refractivity contribution in [3.63, 3.8) is 0 Å². The Balaban J connectivity index is 1.55. The van der Waals surface area contributed by atoms with Crippen molar-refractivity contribution in [2.24, 2.45) is 0 Å². The Morgan fingerprint density at radius 1 is 1.42 bits per heavy atom. The molecule has 104 valence electrons. The number of rotatable bonds is 8. The van der Waals surface area contributed by atoms with E-state index in [4.69, 9.17) is 4.74 Å². The first-order valence-corrected chi connectivity index (χ1v) is 6.72. The molecule has 6 heteroatoms. The van der Waals surface area contributed by atoms with Gasteiger partial charge in [0.1, 0.15) is 6.20 Å². The summed E-state index contributed by atoms with van der Waals surface area (Å²) < 4.78 is 5.43. The van der Waals surface area contributed by atoms with E-state index in [2.05, 4.69) is 10.3 Å². The Morgan fingerprint density at radius 2 is 2.26 bits per heavy atom. The van der Waals surface area contributed by atoms with Crippen molar-refractivity contribution in [3.05, 3.63) is 28.4 Å². The molecule has 0 saturated heterocycles. The number of hydrogen-bond acceptors (Lipinski definition) is 5. The lowest BCUT2D eigenvalue weighted by atomic mass is 9.93. The maximum Gasteiger partial charge on any atom is 0.287 e. The Kier molecular flexibility index (Phi) is 5.09.